The molecule has 2 aromatic rings. The van der Waals surface area contributed by atoms with Crippen molar-refractivity contribution in [2.75, 3.05) is 7.11 Å². The lowest BCUT2D eigenvalue weighted by atomic mass is 10.1. The summed E-state index contributed by atoms with van der Waals surface area (Å²) in [5.41, 5.74) is -0.0305. The third-order valence-electron chi connectivity index (χ3n) is 2.99. The zero-order valence-electron chi connectivity index (χ0n) is 13.3. The summed E-state index contributed by atoms with van der Waals surface area (Å²) in [6, 6.07) is 7.19. The van der Waals surface area contributed by atoms with Gasteiger partial charge in [0.15, 0.2) is 12.4 Å². The van der Waals surface area contributed by atoms with Crippen molar-refractivity contribution >= 4 is 22.7 Å². The fourth-order valence-electron chi connectivity index (χ4n) is 2.10. The maximum Gasteiger partial charge on any atom is 0.373 e. The molecule has 0 fully saturated rings. The number of methoxy groups -OCH3 is 1. The monoisotopic (exact) mass is 302 g/mol. The van der Waals surface area contributed by atoms with Crippen molar-refractivity contribution in [3.05, 3.63) is 42.2 Å². The molecular formula is C17H20NO4+. The highest BCUT2D eigenvalue weighted by atomic mass is 16.6. The fraction of sp³-hybridized carbons (Fsp3) is 0.353. The molecule has 22 heavy (non-hydrogen) atoms. The molecule has 0 aliphatic carbocycles. The molecule has 116 valence electrons. The molecule has 0 unspecified atom stereocenters. The van der Waals surface area contributed by atoms with Gasteiger partial charge in [-0.25, -0.2) is 9.59 Å². The number of esters is 2. The van der Waals surface area contributed by atoms with Gasteiger partial charge in [0, 0.05) is 11.5 Å². The zero-order chi connectivity index (χ0) is 16.3. The van der Waals surface area contributed by atoms with Crippen LogP contribution in [0.15, 0.2) is 36.7 Å². The van der Waals surface area contributed by atoms with Crippen LogP contribution in [0, 0.1) is 0 Å². The second-order valence-electron chi connectivity index (χ2n) is 6.04. The Bertz CT molecular complexity index is 716. The number of ether oxygens (including phenoxy) is 2. The maximum atomic E-state index is 11.9. The average molecular weight is 302 g/mol. The first-order valence-corrected chi connectivity index (χ1v) is 7.01. The van der Waals surface area contributed by atoms with Gasteiger partial charge in [0.1, 0.15) is 5.60 Å². The lowest BCUT2D eigenvalue weighted by Gasteiger charge is -2.18. The Kier molecular flexibility index (Phi) is 4.45. The van der Waals surface area contributed by atoms with E-state index in [-0.39, 0.29) is 18.5 Å². The molecule has 5 heteroatoms. The van der Waals surface area contributed by atoms with Crippen LogP contribution in [-0.4, -0.2) is 24.6 Å². The first-order valence-electron chi connectivity index (χ1n) is 7.01. The van der Waals surface area contributed by atoms with Gasteiger partial charge in [0.05, 0.1) is 12.7 Å². The Morgan fingerprint density at radius 1 is 1.14 bits per heavy atom. The molecule has 0 saturated heterocycles. The molecule has 1 aromatic heterocycles. The standard InChI is InChI=1S/C17H20NO4/c1-17(2,3)22-15(19)11-18-8-7-12-5-6-13(16(20)21-4)9-14(12)10-18/h5-10H,11H2,1-4H3/q+1. The predicted octanol–water partition coefficient (Wildman–Crippen LogP) is 2.26. The van der Waals surface area contributed by atoms with Gasteiger partial charge in [0.25, 0.3) is 0 Å². The molecule has 5 nitrogen and oxygen atoms in total. The Hall–Kier alpha value is -2.43. The Morgan fingerprint density at radius 2 is 1.86 bits per heavy atom. The topological polar surface area (TPSA) is 56.5 Å². The van der Waals surface area contributed by atoms with Gasteiger partial charge in [-0.15, -0.1) is 0 Å². The molecular weight excluding hydrogens is 282 g/mol. The summed E-state index contributed by atoms with van der Waals surface area (Å²) >= 11 is 0. The summed E-state index contributed by atoms with van der Waals surface area (Å²) in [7, 11) is 1.35. The van der Waals surface area contributed by atoms with Crippen LogP contribution in [0.25, 0.3) is 10.8 Å². The van der Waals surface area contributed by atoms with Crippen LogP contribution in [-0.2, 0) is 20.8 Å². The third-order valence-corrected chi connectivity index (χ3v) is 2.99. The summed E-state index contributed by atoms with van der Waals surface area (Å²) in [5.74, 6) is -0.689. The minimum absolute atomic E-state index is 0.121. The summed E-state index contributed by atoms with van der Waals surface area (Å²) < 4.78 is 11.7. The number of aromatic nitrogens is 1. The number of hydrogen-bond donors (Lipinski definition) is 0. The summed E-state index contributed by atoms with van der Waals surface area (Å²) in [4.78, 5) is 23.4. The first kappa shape index (κ1) is 15.9. The van der Waals surface area contributed by atoms with Crippen LogP contribution >= 0.6 is 0 Å². The van der Waals surface area contributed by atoms with Crippen molar-refractivity contribution in [3.8, 4) is 0 Å². The Balaban J connectivity index is 2.25. The SMILES string of the molecule is COC(=O)c1ccc2cc[n+](CC(=O)OC(C)(C)C)cc2c1. The van der Waals surface area contributed by atoms with Crippen LogP contribution in [0.5, 0.6) is 0 Å². The van der Waals surface area contributed by atoms with Gasteiger partial charge in [-0.1, -0.05) is 6.07 Å². The second kappa shape index (κ2) is 6.13. The quantitative estimate of drug-likeness (QED) is 0.644. The molecule has 1 heterocycles. The Labute approximate surface area is 129 Å². The Morgan fingerprint density at radius 3 is 2.50 bits per heavy atom. The van der Waals surface area contributed by atoms with Crippen LogP contribution in [0.1, 0.15) is 31.1 Å². The van der Waals surface area contributed by atoms with E-state index in [1.807, 2.05) is 45.3 Å². The molecule has 0 spiro atoms. The highest BCUT2D eigenvalue weighted by Gasteiger charge is 2.19. The fourth-order valence-corrected chi connectivity index (χ4v) is 2.10. The van der Waals surface area contributed by atoms with Crippen LogP contribution in [0.3, 0.4) is 0 Å². The van der Waals surface area contributed by atoms with E-state index in [1.54, 1.807) is 16.7 Å². The predicted molar refractivity (Wildman–Crippen MR) is 81.3 cm³/mol. The summed E-state index contributed by atoms with van der Waals surface area (Å²) in [6.45, 7) is 5.62. The van der Waals surface area contributed by atoms with Crippen LogP contribution in [0.2, 0.25) is 0 Å². The van der Waals surface area contributed by atoms with Crippen LogP contribution < -0.4 is 4.57 Å². The van der Waals surface area contributed by atoms with E-state index < -0.39 is 5.60 Å². The van der Waals surface area contributed by atoms with E-state index in [4.69, 9.17) is 9.47 Å². The number of benzene rings is 1. The number of nitrogens with zero attached hydrogens (tertiary/aromatic N) is 1. The van der Waals surface area contributed by atoms with Gasteiger partial charge in [0.2, 0.25) is 6.54 Å². The van der Waals surface area contributed by atoms with Crippen molar-refractivity contribution in [2.24, 2.45) is 0 Å². The molecule has 0 N–H and O–H groups in total. The lowest BCUT2D eigenvalue weighted by molar-refractivity contribution is -0.684. The molecule has 0 aliphatic rings. The minimum atomic E-state index is -0.507. The number of carbonyl (C=O) groups is 2. The minimum Gasteiger partial charge on any atom is -0.465 e. The normalized spacial score (nSPS) is 11.3. The van der Waals surface area contributed by atoms with Gasteiger partial charge in [-0.2, -0.15) is 4.57 Å². The van der Waals surface area contributed by atoms with Crippen LogP contribution in [0.4, 0.5) is 0 Å². The van der Waals surface area contributed by atoms with E-state index in [1.165, 1.54) is 7.11 Å². The molecule has 0 bridgehead atoms. The number of pyridine rings is 1. The largest absolute Gasteiger partial charge is 0.465 e. The second-order valence-corrected chi connectivity index (χ2v) is 6.04. The van der Waals surface area contributed by atoms with Crippen molar-refractivity contribution < 1.29 is 23.6 Å². The lowest BCUT2D eigenvalue weighted by Crippen LogP contribution is -2.40. The van der Waals surface area contributed by atoms with Crippen molar-refractivity contribution in [1.29, 1.82) is 0 Å². The summed E-state index contributed by atoms with van der Waals surface area (Å²) in [5, 5.41) is 1.84. The summed E-state index contributed by atoms with van der Waals surface area (Å²) in [6.07, 6.45) is 3.62. The molecule has 0 saturated carbocycles. The number of hydrogen-bond acceptors (Lipinski definition) is 4. The maximum absolute atomic E-state index is 11.9. The molecule has 0 amide bonds. The first-order chi connectivity index (χ1) is 10.3. The van der Waals surface area contributed by atoms with E-state index in [0.29, 0.717) is 5.56 Å². The average Bonchev–Trinajstić information content (AvgIpc) is 2.43. The van der Waals surface area contributed by atoms with E-state index in [0.717, 1.165) is 10.8 Å². The molecule has 0 aliphatic heterocycles. The van der Waals surface area contributed by atoms with Crippen molar-refractivity contribution in [3.63, 3.8) is 0 Å². The highest BCUT2D eigenvalue weighted by Crippen LogP contribution is 2.14. The van der Waals surface area contributed by atoms with E-state index in [9.17, 15) is 9.59 Å². The smallest absolute Gasteiger partial charge is 0.373 e. The van der Waals surface area contributed by atoms with E-state index >= 15 is 0 Å². The zero-order valence-corrected chi connectivity index (χ0v) is 13.3. The number of rotatable bonds is 3. The van der Waals surface area contributed by atoms with Crippen molar-refractivity contribution in [1.82, 2.24) is 0 Å². The van der Waals surface area contributed by atoms with Gasteiger partial charge in [-0.05, 0) is 38.3 Å². The molecule has 0 radical (unpaired) electrons. The van der Waals surface area contributed by atoms with Gasteiger partial charge < -0.3 is 9.47 Å². The van der Waals surface area contributed by atoms with E-state index in [2.05, 4.69) is 0 Å². The third kappa shape index (κ3) is 4.04. The number of fused-ring (bicyclic) bond motifs is 1. The van der Waals surface area contributed by atoms with Crippen molar-refractivity contribution in [2.45, 2.75) is 32.9 Å². The van der Waals surface area contributed by atoms with Gasteiger partial charge >= 0.3 is 11.9 Å². The highest BCUT2D eigenvalue weighted by molar-refractivity contribution is 5.94. The molecule has 2 rings (SSSR count). The number of carbonyl (C=O) groups excluding carboxylic acids is 2. The van der Waals surface area contributed by atoms with Gasteiger partial charge in [-0.3, -0.25) is 0 Å². The molecule has 1 aromatic carbocycles. The molecule has 0 atom stereocenters.